The van der Waals surface area contributed by atoms with E-state index in [-0.39, 0.29) is 11.1 Å². The monoisotopic (exact) mass is 394 g/mol. The van der Waals surface area contributed by atoms with Gasteiger partial charge in [0.1, 0.15) is 5.82 Å². The van der Waals surface area contributed by atoms with E-state index in [0.717, 1.165) is 24.3 Å². The fourth-order valence-corrected chi connectivity index (χ4v) is 3.53. The van der Waals surface area contributed by atoms with Crippen molar-refractivity contribution in [2.45, 2.75) is 37.3 Å². The number of amides is 2. The van der Waals surface area contributed by atoms with Crippen LogP contribution in [0.3, 0.4) is 0 Å². The van der Waals surface area contributed by atoms with Crippen molar-refractivity contribution in [1.82, 2.24) is 10.9 Å². The molecule has 2 aromatic carbocycles. The molecule has 8 heteroatoms. The van der Waals surface area contributed by atoms with Gasteiger partial charge >= 0.3 is 6.18 Å². The molecule has 0 heterocycles. The Morgan fingerprint density at radius 3 is 2.18 bits per heavy atom. The van der Waals surface area contributed by atoms with Crippen molar-refractivity contribution in [3.63, 3.8) is 0 Å². The van der Waals surface area contributed by atoms with Crippen LogP contribution in [-0.4, -0.2) is 11.8 Å². The largest absolute Gasteiger partial charge is 0.416 e. The normalized spacial score (nSPS) is 15.9. The van der Waals surface area contributed by atoms with Gasteiger partial charge in [-0.15, -0.1) is 0 Å². The number of carbonyl (C=O) groups excluding carboxylic acids is 2. The van der Waals surface area contributed by atoms with Crippen LogP contribution in [0.25, 0.3) is 0 Å². The van der Waals surface area contributed by atoms with Crippen LogP contribution in [-0.2, 0) is 16.4 Å². The molecule has 148 valence electrons. The summed E-state index contributed by atoms with van der Waals surface area (Å²) in [6.07, 6.45) is -2.37. The Balaban J connectivity index is 1.79. The lowest BCUT2D eigenvalue weighted by Crippen LogP contribution is -2.50. The number of hydrogen-bond donors (Lipinski definition) is 2. The first kappa shape index (κ1) is 19.9. The number of halogens is 4. The number of carbonyl (C=O) groups is 2. The first-order chi connectivity index (χ1) is 13.2. The maximum Gasteiger partial charge on any atom is 0.416 e. The van der Waals surface area contributed by atoms with Crippen LogP contribution < -0.4 is 10.9 Å². The molecule has 1 fully saturated rings. The van der Waals surface area contributed by atoms with Gasteiger partial charge in [0.2, 0.25) is 5.91 Å². The average Bonchev–Trinajstić information content (AvgIpc) is 3.17. The molecule has 1 aliphatic rings. The van der Waals surface area contributed by atoms with Gasteiger partial charge in [0.25, 0.3) is 5.91 Å². The SMILES string of the molecule is O=C(NNC(=O)C1(c2cccc(C(F)(F)F)c2)CCCC1)c1ccc(F)cc1. The lowest BCUT2D eigenvalue weighted by Gasteiger charge is -2.29. The van der Waals surface area contributed by atoms with Crippen LogP contribution in [0, 0.1) is 5.82 Å². The summed E-state index contributed by atoms with van der Waals surface area (Å²) in [4.78, 5) is 25.0. The zero-order valence-electron chi connectivity index (χ0n) is 14.8. The highest BCUT2D eigenvalue weighted by Crippen LogP contribution is 2.42. The third-order valence-electron chi connectivity index (χ3n) is 5.03. The molecule has 2 N–H and O–H groups in total. The standard InChI is InChI=1S/C20H18F4N2O2/c21-16-8-6-13(7-9-16)17(27)25-26-18(28)19(10-1-2-11-19)14-4-3-5-15(12-14)20(22,23)24/h3-9,12H,1-2,10-11H2,(H,25,27)(H,26,28). The molecule has 0 radical (unpaired) electrons. The Hall–Kier alpha value is -2.90. The molecule has 0 bridgehead atoms. The van der Waals surface area contributed by atoms with Crippen LogP contribution >= 0.6 is 0 Å². The van der Waals surface area contributed by atoms with E-state index in [1.54, 1.807) is 0 Å². The van der Waals surface area contributed by atoms with Gasteiger partial charge in [-0.1, -0.05) is 31.0 Å². The fraction of sp³-hybridized carbons (Fsp3) is 0.300. The molecule has 0 spiro atoms. The zero-order chi connectivity index (χ0) is 20.4. The lowest BCUT2D eigenvalue weighted by molar-refractivity contribution is -0.138. The summed E-state index contributed by atoms with van der Waals surface area (Å²) in [5, 5.41) is 0. The minimum Gasteiger partial charge on any atom is -0.272 e. The summed E-state index contributed by atoms with van der Waals surface area (Å²) in [6, 6.07) is 9.47. The number of nitrogens with one attached hydrogen (secondary N) is 2. The van der Waals surface area contributed by atoms with Gasteiger partial charge in [-0.2, -0.15) is 13.2 Å². The number of hydrazine groups is 1. The molecule has 0 aliphatic heterocycles. The molecule has 0 saturated heterocycles. The minimum absolute atomic E-state index is 0.140. The fourth-order valence-electron chi connectivity index (χ4n) is 3.53. The molecular formula is C20H18F4N2O2. The molecule has 0 aromatic heterocycles. The van der Waals surface area contributed by atoms with E-state index >= 15 is 0 Å². The molecule has 0 atom stereocenters. The predicted octanol–water partition coefficient (Wildman–Crippen LogP) is 4.12. The quantitative estimate of drug-likeness (QED) is 0.608. The third-order valence-corrected chi connectivity index (χ3v) is 5.03. The molecule has 4 nitrogen and oxygen atoms in total. The van der Waals surface area contributed by atoms with Crippen LogP contribution in [0.4, 0.5) is 17.6 Å². The Morgan fingerprint density at radius 1 is 0.929 bits per heavy atom. The summed E-state index contributed by atoms with van der Waals surface area (Å²) >= 11 is 0. The lowest BCUT2D eigenvalue weighted by atomic mass is 9.77. The summed E-state index contributed by atoms with van der Waals surface area (Å²) in [7, 11) is 0. The Bertz CT molecular complexity index is 873. The number of benzene rings is 2. The van der Waals surface area contributed by atoms with Gasteiger partial charge in [-0.25, -0.2) is 4.39 Å². The van der Waals surface area contributed by atoms with Crippen molar-refractivity contribution in [2.24, 2.45) is 0 Å². The van der Waals surface area contributed by atoms with E-state index in [2.05, 4.69) is 10.9 Å². The second-order valence-electron chi connectivity index (χ2n) is 6.78. The summed E-state index contributed by atoms with van der Waals surface area (Å²) in [5.41, 5.74) is 3.02. The van der Waals surface area contributed by atoms with Crippen molar-refractivity contribution >= 4 is 11.8 Å². The smallest absolute Gasteiger partial charge is 0.272 e. The third kappa shape index (κ3) is 4.00. The number of hydrogen-bond acceptors (Lipinski definition) is 2. The van der Waals surface area contributed by atoms with E-state index in [0.29, 0.717) is 25.7 Å². The second kappa shape index (κ2) is 7.61. The van der Waals surface area contributed by atoms with Crippen molar-refractivity contribution in [3.8, 4) is 0 Å². The van der Waals surface area contributed by atoms with Gasteiger partial charge in [-0.05, 0) is 48.7 Å². The summed E-state index contributed by atoms with van der Waals surface area (Å²) in [6.45, 7) is 0. The van der Waals surface area contributed by atoms with Crippen LogP contribution in [0.1, 0.15) is 47.2 Å². The Morgan fingerprint density at radius 2 is 1.57 bits per heavy atom. The highest BCUT2D eigenvalue weighted by Gasteiger charge is 2.44. The van der Waals surface area contributed by atoms with E-state index in [4.69, 9.17) is 0 Å². The van der Waals surface area contributed by atoms with E-state index in [1.807, 2.05) is 0 Å². The molecule has 1 aliphatic carbocycles. The second-order valence-corrected chi connectivity index (χ2v) is 6.78. The summed E-state index contributed by atoms with van der Waals surface area (Å²) < 4.78 is 52.1. The van der Waals surface area contributed by atoms with Gasteiger partial charge in [0.05, 0.1) is 11.0 Å². The van der Waals surface area contributed by atoms with E-state index < -0.39 is 34.8 Å². The van der Waals surface area contributed by atoms with Gasteiger partial charge < -0.3 is 0 Å². The molecule has 2 amide bonds. The summed E-state index contributed by atoms with van der Waals surface area (Å²) in [5.74, 6) is -1.72. The number of alkyl halides is 3. The van der Waals surface area contributed by atoms with E-state index in [9.17, 15) is 27.2 Å². The van der Waals surface area contributed by atoms with Crippen LogP contribution in [0.2, 0.25) is 0 Å². The number of rotatable bonds is 3. The zero-order valence-corrected chi connectivity index (χ0v) is 14.8. The predicted molar refractivity (Wildman–Crippen MR) is 93.6 cm³/mol. The minimum atomic E-state index is -4.51. The van der Waals surface area contributed by atoms with Crippen molar-refractivity contribution in [2.75, 3.05) is 0 Å². The molecule has 1 saturated carbocycles. The average molecular weight is 394 g/mol. The Labute approximate surface area is 158 Å². The van der Waals surface area contributed by atoms with Crippen molar-refractivity contribution < 1.29 is 27.2 Å². The molecule has 0 unspecified atom stereocenters. The van der Waals surface area contributed by atoms with Gasteiger partial charge in [-0.3, -0.25) is 20.4 Å². The first-order valence-electron chi connectivity index (χ1n) is 8.76. The van der Waals surface area contributed by atoms with Gasteiger partial charge in [0.15, 0.2) is 0 Å². The maximum absolute atomic E-state index is 13.1. The molecular weight excluding hydrogens is 376 g/mol. The highest BCUT2D eigenvalue weighted by atomic mass is 19.4. The van der Waals surface area contributed by atoms with E-state index in [1.165, 1.54) is 24.3 Å². The first-order valence-corrected chi connectivity index (χ1v) is 8.76. The topological polar surface area (TPSA) is 58.2 Å². The van der Waals surface area contributed by atoms with Crippen molar-refractivity contribution in [3.05, 3.63) is 71.0 Å². The Kier molecular flexibility index (Phi) is 5.40. The van der Waals surface area contributed by atoms with Crippen LogP contribution in [0.15, 0.2) is 48.5 Å². The molecule has 2 aromatic rings. The molecule has 3 rings (SSSR count). The van der Waals surface area contributed by atoms with Gasteiger partial charge in [0, 0.05) is 5.56 Å². The maximum atomic E-state index is 13.1. The van der Waals surface area contributed by atoms with Crippen LogP contribution in [0.5, 0.6) is 0 Å². The molecule has 28 heavy (non-hydrogen) atoms. The van der Waals surface area contributed by atoms with Crippen molar-refractivity contribution in [1.29, 1.82) is 0 Å². The highest BCUT2D eigenvalue weighted by molar-refractivity contribution is 5.97.